The van der Waals surface area contributed by atoms with Gasteiger partial charge in [0.2, 0.25) is 15.9 Å². The third-order valence-corrected chi connectivity index (χ3v) is 4.42. The maximum Gasteiger partial charge on any atom is 0.304 e. The van der Waals surface area contributed by atoms with Gasteiger partial charge < -0.3 is 10.0 Å². The molecule has 98 valence electrons. The highest BCUT2D eigenvalue weighted by Crippen LogP contribution is 2.09. The van der Waals surface area contributed by atoms with Gasteiger partial charge in [-0.25, -0.2) is 8.42 Å². The van der Waals surface area contributed by atoms with E-state index in [4.69, 9.17) is 5.11 Å². The molecule has 8 heteroatoms. The molecular formula is C9H16N2O5S. The van der Waals surface area contributed by atoms with Gasteiger partial charge in [-0.05, 0) is 6.42 Å². The van der Waals surface area contributed by atoms with Gasteiger partial charge in [-0.2, -0.15) is 4.31 Å². The van der Waals surface area contributed by atoms with Crippen molar-refractivity contribution in [3.8, 4) is 0 Å². The standard InChI is InChI=1S/C9H16N2O5S/c1-10-4-2-5-11(7-8(10)12)17(15,16)6-3-9(13)14/h2-7H2,1H3,(H,13,14). The Morgan fingerprint density at radius 1 is 1.41 bits per heavy atom. The van der Waals surface area contributed by atoms with E-state index < -0.39 is 28.2 Å². The smallest absolute Gasteiger partial charge is 0.304 e. The molecular weight excluding hydrogens is 248 g/mol. The molecule has 0 aromatic heterocycles. The number of rotatable bonds is 4. The van der Waals surface area contributed by atoms with Crippen LogP contribution in [0.4, 0.5) is 0 Å². The van der Waals surface area contributed by atoms with E-state index in [2.05, 4.69) is 0 Å². The fourth-order valence-electron chi connectivity index (χ4n) is 1.54. The second-order valence-corrected chi connectivity index (χ2v) is 6.05. The number of amides is 1. The highest BCUT2D eigenvalue weighted by molar-refractivity contribution is 7.89. The van der Waals surface area contributed by atoms with Crippen molar-refractivity contribution in [2.24, 2.45) is 0 Å². The minimum Gasteiger partial charge on any atom is -0.481 e. The minimum atomic E-state index is -3.65. The number of nitrogens with zero attached hydrogens (tertiary/aromatic N) is 2. The van der Waals surface area contributed by atoms with Gasteiger partial charge in [-0.15, -0.1) is 0 Å². The van der Waals surface area contributed by atoms with Gasteiger partial charge >= 0.3 is 5.97 Å². The van der Waals surface area contributed by atoms with Crippen molar-refractivity contribution in [1.82, 2.24) is 9.21 Å². The molecule has 1 saturated heterocycles. The zero-order valence-electron chi connectivity index (χ0n) is 9.63. The third-order valence-electron chi connectivity index (χ3n) is 2.61. The van der Waals surface area contributed by atoms with Crippen LogP contribution in [0, 0.1) is 0 Å². The topological polar surface area (TPSA) is 95.0 Å². The van der Waals surface area contributed by atoms with E-state index in [0.29, 0.717) is 13.0 Å². The van der Waals surface area contributed by atoms with E-state index >= 15 is 0 Å². The zero-order valence-corrected chi connectivity index (χ0v) is 10.4. The van der Waals surface area contributed by atoms with E-state index in [-0.39, 0.29) is 19.0 Å². The number of carbonyl (C=O) groups excluding carboxylic acids is 1. The first-order valence-corrected chi connectivity index (χ1v) is 6.87. The molecule has 1 aliphatic heterocycles. The second-order valence-electron chi connectivity index (χ2n) is 3.96. The van der Waals surface area contributed by atoms with Crippen LogP contribution in [0.15, 0.2) is 0 Å². The van der Waals surface area contributed by atoms with Gasteiger partial charge in [0.25, 0.3) is 0 Å². The Morgan fingerprint density at radius 3 is 2.65 bits per heavy atom. The number of carbonyl (C=O) groups is 2. The quantitative estimate of drug-likeness (QED) is 0.699. The molecule has 1 fully saturated rings. The molecule has 1 aliphatic rings. The fourth-order valence-corrected chi connectivity index (χ4v) is 2.95. The lowest BCUT2D eigenvalue weighted by molar-refractivity contribution is -0.136. The number of aliphatic carboxylic acids is 1. The van der Waals surface area contributed by atoms with Gasteiger partial charge in [0.1, 0.15) is 0 Å². The van der Waals surface area contributed by atoms with E-state index in [9.17, 15) is 18.0 Å². The summed E-state index contributed by atoms with van der Waals surface area (Å²) in [5.74, 6) is -1.88. The fraction of sp³-hybridized carbons (Fsp3) is 0.778. The van der Waals surface area contributed by atoms with Crippen molar-refractivity contribution in [1.29, 1.82) is 0 Å². The van der Waals surface area contributed by atoms with Crippen LogP contribution in [0.25, 0.3) is 0 Å². The summed E-state index contributed by atoms with van der Waals surface area (Å²) in [7, 11) is -2.03. The summed E-state index contributed by atoms with van der Waals surface area (Å²) in [5.41, 5.74) is 0. The minimum absolute atomic E-state index is 0.196. The summed E-state index contributed by atoms with van der Waals surface area (Å²) in [6, 6.07) is 0. The Hall–Kier alpha value is -1.15. The number of hydrogen-bond acceptors (Lipinski definition) is 4. The molecule has 0 aliphatic carbocycles. The molecule has 0 radical (unpaired) electrons. The first kappa shape index (κ1) is 13.9. The molecule has 0 unspecified atom stereocenters. The van der Waals surface area contributed by atoms with Crippen LogP contribution < -0.4 is 0 Å². The zero-order chi connectivity index (χ0) is 13.1. The Bertz CT molecular complexity index is 406. The average molecular weight is 264 g/mol. The van der Waals surface area contributed by atoms with E-state index in [1.54, 1.807) is 7.05 Å². The van der Waals surface area contributed by atoms with Crippen LogP contribution in [0.2, 0.25) is 0 Å². The SMILES string of the molecule is CN1CCCN(S(=O)(=O)CCC(=O)O)CC1=O. The maximum absolute atomic E-state index is 11.8. The first-order valence-electron chi connectivity index (χ1n) is 5.26. The normalized spacial score (nSPS) is 19.1. The second kappa shape index (κ2) is 5.46. The monoisotopic (exact) mass is 264 g/mol. The number of likely N-dealkylation sites (N-methyl/N-ethyl adjacent to an activating group) is 1. The van der Waals surface area contributed by atoms with E-state index in [0.717, 1.165) is 4.31 Å². The molecule has 1 heterocycles. The summed E-state index contributed by atoms with van der Waals surface area (Å²) in [6.07, 6.45) is 0.122. The Balaban J connectivity index is 2.70. The number of carboxylic acids is 1. The lowest BCUT2D eigenvalue weighted by Crippen LogP contribution is -2.39. The van der Waals surface area contributed by atoms with Crippen molar-refractivity contribution in [3.63, 3.8) is 0 Å². The van der Waals surface area contributed by atoms with Crippen LogP contribution in [0.1, 0.15) is 12.8 Å². The molecule has 0 aromatic rings. The van der Waals surface area contributed by atoms with Gasteiger partial charge in [0.05, 0.1) is 18.7 Å². The summed E-state index contributed by atoms with van der Waals surface area (Å²) >= 11 is 0. The molecule has 1 rings (SSSR count). The van der Waals surface area contributed by atoms with Crippen LogP contribution in [0.5, 0.6) is 0 Å². The van der Waals surface area contributed by atoms with Crippen molar-refractivity contribution >= 4 is 21.9 Å². The molecule has 1 N–H and O–H groups in total. The van der Waals surface area contributed by atoms with Crippen LogP contribution in [-0.4, -0.2) is 67.0 Å². The number of carboxylic acid groups (broad SMARTS) is 1. The summed E-state index contributed by atoms with van der Waals surface area (Å²) in [4.78, 5) is 23.3. The Morgan fingerprint density at radius 2 is 2.06 bits per heavy atom. The first-order chi connectivity index (χ1) is 7.83. The molecule has 0 bridgehead atoms. The molecule has 0 atom stereocenters. The molecule has 1 amide bonds. The Labute approximate surface area is 100 Å². The molecule has 0 aromatic carbocycles. The predicted molar refractivity (Wildman–Crippen MR) is 59.9 cm³/mol. The van der Waals surface area contributed by atoms with Crippen molar-refractivity contribution in [2.45, 2.75) is 12.8 Å². The van der Waals surface area contributed by atoms with Crippen molar-refractivity contribution in [3.05, 3.63) is 0 Å². The van der Waals surface area contributed by atoms with Crippen LogP contribution >= 0.6 is 0 Å². The van der Waals surface area contributed by atoms with Crippen LogP contribution in [-0.2, 0) is 19.6 Å². The number of hydrogen-bond donors (Lipinski definition) is 1. The highest BCUT2D eigenvalue weighted by atomic mass is 32.2. The van der Waals surface area contributed by atoms with Crippen molar-refractivity contribution < 1.29 is 23.1 Å². The Kier molecular flexibility index (Phi) is 4.47. The van der Waals surface area contributed by atoms with Gasteiger partial charge in [-0.3, -0.25) is 9.59 Å². The average Bonchev–Trinajstić information content (AvgIpc) is 2.40. The van der Waals surface area contributed by atoms with E-state index in [1.807, 2.05) is 0 Å². The number of sulfonamides is 1. The van der Waals surface area contributed by atoms with Crippen molar-refractivity contribution in [2.75, 3.05) is 32.4 Å². The predicted octanol–water partition coefficient (Wildman–Crippen LogP) is -1.04. The summed E-state index contributed by atoms with van der Waals surface area (Å²) in [6.45, 7) is 0.584. The molecule has 0 spiro atoms. The maximum atomic E-state index is 11.8. The molecule has 17 heavy (non-hydrogen) atoms. The van der Waals surface area contributed by atoms with Crippen LogP contribution in [0.3, 0.4) is 0 Å². The van der Waals surface area contributed by atoms with Gasteiger partial charge in [0, 0.05) is 20.1 Å². The van der Waals surface area contributed by atoms with E-state index in [1.165, 1.54) is 4.90 Å². The highest BCUT2D eigenvalue weighted by Gasteiger charge is 2.28. The largest absolute Gasteiger partial charge is 0.481 e. The molecule has 0 saturated carbocycles. The lowest BCUT2D eigenvalue weighted by Gasteiger charge is -2.18. The lowest BCUT2D eigenvalue weighted by atomic mass is 10.4. The van der Waals surface area contributed by atoms with Gasteiger partial charge in [-0.1, -0.05) is 0 Å². The third kappa shape index (κ3) is 3.97. The van der Waals surface area contributed by atoms with Gasteiger partial charge in [0.15, 0.2) is 0 Å². The summed E-state index contributed by atoms with van der Waals surface area (Å²) < 4.78 is 24.6. The molecule has 7 nitrogen and oxygen atoms in total. The summed E-state index contributed by atoms with van der Waals surface area (Å²) in [5, 5.41) is 8.47.